The van der Waals surface area contributed by atoms with Crippen molar-refractivity contribution in [2.24, 2.45) is 0 Å². The highest BCUT2D eigenvalue weighted by Crippen LogP contribution is 2.20. The number of nitrogens with zero attached hydrogens (tertiary/aromatic N) is 3. The van der Waals surface area contributed by atoms with Crippen LogP contribution in [0.2, 0.25) is 5.02 Å². The van der Waals surface area contributed by atoms with E-state index in [0.717, 1.165) is 0 Å². The maximum absolute atomic E-state index is 13.1. The summed E-state index contributed by atoms with van der Waals surface area (Å²) in [7, 11) is 0. The molecule has 0 radical (unpaired) electrons. The normalized spacial score (nSPS) is 11.3. The van der Waals surface area contributed by atoms with E-state index in [1.807, 2.05) is 0 Å². The van der Waals surface area contributed by atoms with Crippen LogP contribution < -0.4 is 5.56 Å². The zero-order valence-electron chi connectivity index (χ0n) is 14.3. The topological polar surface area (TPSA) is 91.2 Å². The van der Waals surface area contributed by atoms with E-state index < -0.39 is 4.92 Å². The van der Waals surface area contributed by atoms with Gasteiger partial charge >= 0.3 is 5.88 Å². The second-order valence-corrected chi connectivity index (χ2v) is 6.31. The van der Waals surface area contributed by atoms with Crippen LogP contribution in [-0.4, -0.2) is 14.5 Å². The lowest BCUT2D eigenvalue weighted by Gasteiger charge is -2.11. The van der Waals surface area contributed by atoms with Gasteiger partial charge in [0.25, 0.3) is 5.56 Å². The van der Waals surface area contributed by atoms with Gasteiger partial charge in [0, 0.05) is 5.02 Å². The molecule has 0 spiro atoms. The molecule has 2 heterocycles. The van der Waals surface area contributed by atoms with Crippen LogP contribution in [0.25, 0.3) is 28.7 Å². The molecule has 0 N–H and O–H groups in total. The van der Waals surface area contributed by atoms with Gasteiger partial charge in [0.1, 0.15) is 16.5 Å². The van der Waals surface area contributed by atoms with Crippen molar-refractivity contribution in [3.8, 4) is 5.69 Å². The Morgan fingerprint density at radius 3 is 2.50 bits per heavy atom. The summed E-state index contributed by atoms with van der Waals surface area (Å²) in [6.07, 6.45) is 3.10. The van der Waals surface area contributed by atoms with Crippen LogP contribution in [-0.2, 0) is 0 Å². The van der Waals surface area contributed by atoms with Crippen LogP contribution in [0.3, 0.4) is 0 Å². The molecule has 8 heteroatoms. The number of rotatable bonds is 4. The molecule has 0 amide bonds. The van der Waals surface area contributed by atoms with Crippen molar-refractivity contribution in [3.05, 3.63) is 97.7 Å². The Kier molecular flexibility index (Phi) is 4.50. The number of benzene rings is 2. The standard InChI is InChI=1S/C20H12ClN3O4/c21-13-5-7-14(8-6-13)23-18(11-9-15-10-12-19(28-15)24(26)27)22-17-4-2-1-3-16(17)20(23)25/h1-12H. The van der Waals surface area contributed by atoms with E-state index in [4.69, 9.17) is 16.0 Å². The highest BCUT2D eigenvalue weighted by Gasteiger charge is 2.13. The van der Waals surface area contributed by atoms with Gasteiger partial charge in [-0.25, -0.2) is 4.98 Å². The number of nitro groups is 1. The summed E-state index contributed by atoms with van der Waals surface area (Å²) in [6, 6.07) is 16.6. The minimum atomic E-state index is -0.616. The number of para-hydroxylation sites is 1. The average molecular weight is 394 g/mol. The first-order valence-corrected chi connectivity index (χ1v) is 8.61. The van der Waals surface area contributed by atoms with E-state index in [0.29, 0.717) is 27.4 Å². The van der Waals surface area contributed by atoms with E-state index >= 15 is 0 Å². The molecular formula is C20H12ClN3O4. The van der Waals surface area contributed by atoms with Gasteiger partial charge in [0.15, 0.2) is 0 Å². The smallest absolute Gasteiger partial charge is 0.401 e. The summed E-state index contributed by atoms with van der Waals surface area (Å²) in [5, 5.41) is 11.8. The molecule has 7 nitrogen and oxygen atoms in total. The summed E-state index contributed by atoms with van der Waals surface area (Å²) in [5.74, 6) is 0.267. The maximum Gasteiger partial charge on any atom is 0.433 e. The molecule has 0 aliphatic heterocycles. The van der Waals surface area contributed by atoms with E-state index in [-0.39, 0.29) is 17.2 Å². The first kappa shape index (κ1) is 17.7. The number of furan rings is 1. The summed E-state index contributed by atoms with van der Waals surface area (Å²) in [6.45, 7) is 0. The van der Waals surface area contributed by atoms with Crippen molar-refractivity contribution in [2.75, 3.05) is 0 Å². The first-order valence-electron chi connectivity index (χ1n) is 8.23. The quantitative estimate of drug-likeness (QED) is 0.370. The minimum absolute atomic E-state index is 0.238. The fourth-order valence-corrected chi connectivity index (χ4v) is 2.91. The van der Waals surface area contributed by atoms with Crippen molar-refractivity contribution >= 4 is 40.5 Å². The second kappa shape index (κ2) is 7.13. The molecule has 0 aliphatic rings. The molecule has 2 aromatic carbocycles. The zero-order chi connectivity index (χ0) is 19.7. The summed E-state index contributed by atoms with van der Waals surface area (Å²) < 4.78 is 6.58. The molecule has 28 heavy (non-hydrogen) atoms. The number of hydrogen-bond donors (Lipinski definition) is 0. The highest BCUT2D eigenvalue weighted by molar-refractivity contribution is 6.30. The zero-order valence-corrected chi connectivity index (χ0v) is 15.0. The van der Waals surface area contributed by atoms with Gasteiger partial charge in [-0.2, -0.15) is 0 Å². The molecule has 0 saturated carbocycles. The van der Waals surface area contributed by atoms with Crippen molar-refractivity contribution in [2.45, 2.75) is 0 Å². The lowest BCUT2D eigenvalue weighted by Crippen LogP contribution is -2.22. The molecule has 138 valence electrons. The van der Waals surface area contributed by atoms with E-state index in [9.17, 15) is 14.9 Å². The molecule has 4 aromatic rings. The molecule has 0 unspecified atom stereocenters. The molecule has 0 aliphatic carbocycles. The largest absolute Gasteiger partial charge is 0.433 e. The summed E-state index contributed by atoms with van der Waals surface area (Å²) in [5.41, 5.74) is 0.901. The average Bonchev–Trinajstić information content (AvgIpc) is 3.17. The number of hydrogen-bond acceptors (Lipinski definition) is 5. The fourth-order valence-electron chi connectivity index (χ4n) is 2.79. The van der Waals surface area contributed by atoms with Crippen LogP contribution in [0.15, 0.2) is 69.9 Å². The maximum atomic E-state index is 13.1. The van der Waals surface area contributed by atoms with Crippen molar-refractivity contribution in [1.29, 1.82) is 0 Å². The Morgan fingerprint density at radius 2 is 1.79 bits per heavy atom. The highest BCUT2D eigenvalue weighted by atomic mass is 35.5. The third-order valence-electron chi connectivity index (χ3n) is 4.08. The monoisotopic (exact) mass is 393 g/mol. The van der Waals surface area contributed by atoms with Crippen LogP contribution in [0.4, 0.5) is 5.88 Å². The van der Waals surface area contributed by atoms with Gasteiger partial charge in [-0.1, -0.05) is 23.7 Å². The molecule has 0 fully saturated rings. The third-order valence-corrected chi connectivity index (χ3v) is 4.33. The van der Waals surface area contributed by atoms with Crippen LogP contribution in [0.5, 0.6) is 0 Å². The SMILES string of the molecule is O=c1c2ccccc2nc(C=Cc2ccc([N+](=O)[O-])o2)n1-c1ccc(Cl)cc1. The van der Waals surface area contributed by atoms with Gasteiger partial charge in [0.05, 0.1) is 22.7 Å². The van der Waals surface area contributed by atoms with Crippen LogP contribution in [0.1, 0.15) is 11.6 Å². The lowest BCUT2D eigenvalue weighted by molar-refractivity contribution is -0.402. The van der Waals surface area contributed by atoms with E-state index in [1.54, 1.807) is 54.6 Å². The molecule has 0 atom stereocenters. The Morgan fingerprint density at radius 1 is 1.04 bits per heavy atom. The number of halogens is 1. The van der Waals surface area contributed by atoms with Crippen molar-refractivity contribution < 1.29 is 9.34 Å². The molecular weight excluding hydrogens is 382 g/mol. The van der Waals surface area contributed by atoms with Crippen molar-refractivity contribution in [3.63, 3.8) is 0 Å². The lowest BCUT2D eigenvalue weighted by atomic mass is 10.2. The van der Waals surface area contributed by atoms with Gasteiger partial charge in [-0.05, 0) is 54.6 Å². The first-order chi connectivity index (χ1) is 13.5. The molecule has 0 saturated heterocycles. The van der Waals surface area contributed by atoms with Crippen LogP contribution >= 0.6 is 11.6 Å². The van der Waals surface area contributed by atoms with Gasteiger partial charge < -0.3 is 4.42 Å². The molecule has 2 aromatic heterocycles. The molecule has 4 rings (SSSR count). The summed E-state index contributed by atoms with van der Waals surface area (Å²) in [4.78, 5) is 27.8. The number of fused-ring (bicyclic) bond motifs is 1. The van der Waals surface area contributed by atoms with Gasteiger partial charge in [0.2, 0.25) is 0 Å². The van der Waals surface area contributed by atoms with Crippen LogP contribution in [0, 0.1) is 10.1 Å². The molecule has 0 bridgehead atoms. The minimum Gasteiger partial charge on any atom is -0.401 e. The predicted molar refractivity (Wildman–Crippen MR) is 107 cm³/mol. The Hall–Kier alpha value is -3.71. The predicted octanol–water partition coefficient (Wildman–Crippen LogP) is 4.71. The van der Waals surface area contributed by atoms with E-state index in [2.05, 4.69) is 4.98 Å². The Labute approximate surface area is 163 Å². The second-order valence-electron chi connectivity index (χ2n) is 5.87. The fraction of sp³-hybridized carbons (Fsp3) is 0. The number of aromatic nitrogens is 2. The summed E-state index contributed by atoms with van der Waals surface area (Å²) >= 11 is 5.96. The Balaban J connectivity index is 1.89. The Bertz CT molecular complexity index is 1270. The van der Waals surface area contributed by atoms with Gasteiger partial charge in [-0.3, -0.25) is 19.5 Å². The van der Waals surface area contributed by atoms with Crippen molar-refractivity contribution in [1.82, 2.24) is 9.55 Å². The third kappa shape index (κ3) is 3.30. The van der Waals surface area contributed by atoms with E-state index in [1.165, 1.54) is 22.8 Å². The van der Waals surface area contributed by atoms with Gasteiger partial charge in [-0.15, -0.1) is 0 Å².